The lowest BCUT2D eigenvalue weighted by molar-refractivity contribution is 0.212. The van der Waals surface area contributed by atoms with E-state index in [1.165, 1.54) is 42.9 Å². The Morgan fingerprint density at radius 3 is 2.17 bits per heavy atom. The van der Waals surface area contributed by atoms with E-state index in [0.717, 1.165) is 25.9 Å². The van der Waals surface area contributed by atoms with Gasteiger partial charge >= 0.3 is 0 Å². The van der Waals surface area contributed by atoms with Crippen LogP contribution in [0.25, 0.3) is 0 Å². The van der Waals surface area contributed by atoms with Gasteiger partial charge in [0.1, 0.15) is 0 Å². The number of likely N-dealkylation sites (N-methyl/N-ethyl adjacent to an activating group) is 1. The van der Waals surface area contributed by atoms with Crippen molar-refractivity contribution in [1.82, 2.24) is 4.90 Å². The van der Waals surface area contributed by atoms with Crippen LogP contribution >= 0.6 is 11.6 Å². The van der Waals surface area contributed by atoms with Gasteiger partial charge in [-0.05, 0) is 62.3 Å². The molecule has 0 amide bonds. The normalized spacial score (nSPS) is 18.9. The number of rotatable bonds is 9. The summed E-state index contributed by atoms with van der Waals surface area (Å²) in [5, 5.41) is 7.67. The molecule has 3 atom stereocenters. The summed E-state index contributed by atoms with van der Waals surface area (Å²) >= 11 is 6.31. The van der Waals surface area contributed by atoms with Gasteiger partial charge in [-0.1, -0.05) is 61.5 Å². The number of alkyl halides is 1. The standard InChI is InChI=1S/C24H32ClN.C2H3N/c1-3-26(18-17-20-7-5-4-6-8-20)19(2)9-10-21-11-13-22(14-12-21)23-15-16-24(23)25;1-2-3/h4-8,11-14,19,23-24H,3,9-10,15-18H2,1-2H3;1H3. The van der Waals surface area contributed by atoms with Gasteiger partial charge in [-0.2, -0.15) is 5.26 Å². The van der Waals surface area contributed by atoms with Crippen molar-refractivity contribution in [2.75, 3.05) is 13.1 Å². The fourth-order valence-corrected chi connectivity index (χ4v) is 4.33. The van der Waals surface area contributed by atoms with Gasteiger partial charge in [0, 0.05) is 30.8 Å². The zero-order valence-corrected chi connectivity index (χ0v) is 18.9. The Labute approximate surface area is 182 Å². The van der Waals surface area contributed by atoms with Crippen molar-refractivity contribution in [2.24, 2.45) is 0 Å². The molecular formula is C26H35ClN2. The van der Waals surface area contributed by atoms with E-state index in [0.29, 0.717) is 17.3 Å². The molecule has 0 bridgehead atoms. The molecule has 1 aliphatic rings. The van der Waals surface area contributed by atoms with E-state index in [1.54, 1.807) is 6.07 Å². The van der Waals surface area contributed by atoms with E-state index in [1.807, 2.05) is 0 Å². The largest absolute Gasteiger partial charge is 0.301 e. The van der Waals surface area contributed by atoms with E-state index in [4.69, 9.17) is 16.9 Å². The highest BCUT2D eigenvalue weighted by Crippen LogP contribution is 2.40. The Morgan fingerprint density at radius 1 is 1.03 bits per heavy atom. The van der Waals surface area contributed by atoms with Crippen molar-refractivity contribution in [1.29, 1.82) is 5.26 Å². The van der Waals surface area contributed by atoms with Crippen molar-refractivity contribution in [3.63, 3.8) is 0 Å². The molecule has 3 rings (SSSR count). The first kappa shape index (κ1) is 23.5. The number of nitrogens with zero attached hydrogens (tertiary/aromatic N) is 2. The number of halogens is 1. The molecule has 2 aromatic carbocycles. The summed E-state index contributed by atoms with van der Waals surface area (Å²) in [5.74, 6) is 0.582. The van der Waals surface area contributed by atoms with Crippen molar-refractivity contribution in [3.05, 3.63) is 71.3 Å². The van der Waals surface area contributed by atoms with Gasteiger partial charge < -0.3 is 4.90 Å². The minimum atomic E-state index is 0.351. The molecule has 2 aromatic rings. The number of benzene rings is 2. The predicted molar refractivity (Wildman–Crippen MR) is 125 cm³/mol. The molecule has 0 saturated heterocycles. The van der Waals surface area contributed by atoms with Gasteiger partial charge in [-0.3, -0.25) is 0 Å². The molecular weight excluding hydrogens is 376 g/mol. The molecule has 3 heteroatoms. The summed E-state index contributed by atoms with van der Waals surface area (Å²) in [6, 6.07) is 22.4. The van der Waals surface area contributed by atoms with Gasteiger partial charge in [-0.25, -0.2) is 0 Å². The first-order chi connectivity index (χ1) is 14.1. The van der Waals surface area contributed by atoms with E-state index in [-0.39, 0.29) is 0 Å². The fraction of sp³-hybridized carbons (Fsp3) is 0.500. The maximum Gasteiger partial charge on any atom is 0.0587 e. The highest BCUT2D eigenvalue weighted by atomic mass is 35.5. The van der Waals surface area contributed by atoms with Crippen LogP contribution in [0.1, 0.15) is 62.6 Å². The minimum Gasteiger partial charge on any atom is -0.301 e. The van der Waals surface area contributed by atoms with Crippen molar-refractivity contribution < 1.29 is 0 Å². The maximum atomic E-state index is 7.32. The van der Waals surface area contributed by atoms with E-state index in [9.17, 15) is 0 Å². The third-order valence-electron chi connectivity index (χ3n) is 6.01. The Kier molecular flexibility index (Phi) is 10.3. The van der Waals surface area contributed by atoms with Crippen LogP contribution in [-0.2, 0) is 12.8 Å². The molecule has 1 aliphatic carbocycles. The predicted octanol–water partition coefficient (Wildman–Crippen LogP) is 6.59. The highest BCUT2D eigenvalue weighted by molar-refractivity contribution is 6.21. The lowest BCUT2D eigenvalue weighted by atomic mass is 9.79. The first-order valence-corrected chi connectivity index (χ1v) is 11.3. The van der Waals surface area contributed by atoms with Crippen LogP contribution in [0, 0.1) is 11.3 Å². The number of hydrogen-bond acceptors (Lipinski definition) is 2. The number of aryl methyl sites for hydroxylation is 1. The molecule has 29 heavy (non-hydrogen) atoms. The summed E-state index contributed by atoms with van der Waals surface area (Å²) in [5.41, 5.74) is 4.30. The monoisotopic (exact) mass is 410 g/mol. The topological polar surface area (TPSA) is 27.0 Å². The number of nitriles is 1. The molecule has 0 N–H and O–H groups in total. The van der Waals surface area contributed by atoms with Crippen molar-refractivity contribution in [3.8, 4) is 6.07 Å². The minimum absolute atomic E-state index is 0.351. The first-order valence-electron chi connectivity index (χ1n) is 10.9. The maximum absolute atomic E-state index is 7.32. The van der Waals surface area contributed by atoms with Crippen LogP contribution in [0.15, 0.2) is 54.6 Å². The SMILES string of the molecule is CC#N.CCN(CCc1ccccc1)C(C)CCc1ccc(C2CCC2Cl)cc1. The average molecular weight is 411 g/mol. The zero-order chi connectivity index (χ0) is 21.1. The summed E-state index contributed by atoms with van der Waals surface area (Å²) in [6.07, 6.45) is 5.91. The van der Waals surface area contributed by atoms with Crippen LogP contribution < -0.4 is 0 Å². The Morgan fingerprint density at radius 2 is 1.66 bits per heavy atom. The van der Waals surface area contributed by atoms with E-state index < -0.39 is 0 Å². The second-order valence-electron chi connectivity index (χ2n) is 7.92. The summed E-state index contributed by atoms with van der Waals surface area (Å²) < 4.78 is 0. The lowest BCUT2D eigenvalue weighted by Gasteiger charge is -2.32. The Bertz CT molecular complexity index is 736. The Hall–Kier alpha value is -1.82. The summed E-state index contributed by atoms with van der Waals surface area (Å²) in [6.45, 7) is 8.33. The van der Waals surface area contributed by atoms with E-state index in [2.05, 4.69) is 73.3 Å². The van der Waals surface area contributed by atoms with Gasteiger partial charge in [0.15, 0.2) is 0 Å². The smallest absolute Gasteiger partial charge is 0.0587 e. The quantitative estimate of drug-likeness (QED) is 0.436. The highest BCUT2D eigenvalue weighted by Gasteiger charge is 2.29. The molecule has 0 heterocycles. The van der Waals surface area contributed by atoms with Crippen LogP contribution in [0.4, 0.5) is 0 Å². The van der Waals surface area contributed by atoms with Gasteiger partial charge in [-0.15, -0.1) is 11.6 Å². The van der Waals surface area contributed by atoms with Crippen LogP contribution in [0.5, 0.6) is 0 Å². The Balaban J connectivity index is 0.000000941. The molecule has 0 aliphatic heterocycles. The average Bonchev–Trinajstić information content (AvgIpc) is 2.74. The van der Waals surface area contributed by atoms with Crippen LogP contribution in [-0.4, -0.2) is 29.4 Å². The molecule has 156 valence electrons. The molecule has 3 unspecified atom stereocenters. The van der Waals surface area contributed by atoms with Crippen molar-refractivity contribution >= 4 is 11.6 Å². The zero-order valence-electron chi connectivity index (χ0n) is 18.2. The molecule has 1 saturated carbocycles. The lowest BCUT2D eigenvalue weighted by Crippen LogP contribution is -2.35. The number of hydrogen-bond donors (Lipinski definition) is 0. The second kappa shape index (κ2) is 12.7. The van der Waals surface area contributed by atoms with Crippen LogP contribution in [0.3, 0.4) is 0 Å². The third kappa shape index (κ3) is 7.50. The third-order valence-corrected chi connectivity index (χ3v) is 6.53. The van der Waals surface area contributed by atoms with Crippen molar-refractivity contribution in [2.45, 2.75) is 70.2 Å². The molecule has 0 radical (unpaired) electrons. The fourth-order valence-electron chi connectivity index (χ4n) is 3.93. The van der Waals surface area contributed by atoms with E-state index >= 15 is 0 Å². The summed E-state index contributed by atoms with van der Waals surface area (Å²) in [4.78, 5) is 2.60. The molecule has 1 fully saturated rings. The molecule has 0 aromatic heterocycles. The van der Waals surface area contributed by atoms with Gasteiger partial charge in [0.25, 0.3) is 0 Å². The van der Waals surface area contributed by atoms with Gasteiger partial charge in [0.2, 0.25) is 0 Å². The molecule has 2 nitrogen and oxygen atoms in total. The second-order valence-corrected chi connectivity index (χ2v) is 8.48. The molecule has 0 spiro atoms. The summed E-state index contributed by atoms with van der Waals surface area (Å²) in [7, 11) is 0. The van der Waals surface area contributed by atoms with Gasteiger partial charge in [0.05, 0.1) is 6.07 Å². The van der Waals surface area contributed by atoms with Crippen LogP contribution in [0.2, 0.25) is 0 Å².